The lowest BCUT2D eigenvalue weighted by molar-refractivity contribution is 0.577. The number of rotatable bonds is 4. The molecule has 4 aliphatic carbocycles. The van der Waals surface area contributed by atoms with Crippen LogP contribution in [-0.2, 0) is 17.3 Å². The maximum absolute atomic E-state index is 2.46. The van der Waals surface area contributed by atoms with Gasteiger partial charge in [-0.2, -0.15) is 0 Å². The van der Waals surface area contributed by atoms with E-state index in [0.29, 0.717) is 0 Å². The third kappa shape index (κ3) is 3.60. The third-order valence-corrected chi connectivity index (χ3v) is 10.9. The van der Waals surface area contributed by atoms with E-state index in [0.717, 1.165) is 32.1 Å². The van der Waals surface area contributed by atoms with Gasteiger partial charge in [-0.1, -0.05) is 163 Å². The summed E-state index contributed by atoms with van der Waals surface area (Å²) in [4.78, 5) is 0. The van der Waals surface area contributed by atoms with Crippen LogP contribution in [0.3, 0.4) is 0 Å². The third-order valence-electron chi connectivity index (χ3n) is 10.9. The van der Waals surface area contributed by atoms with Gasteiger partial charge < -0.3 is 0 Å². The van der Waals surface area contributed by atoms with Crippen molar-refractivity contribution in [2.75, 3.05) is 0 Å². The quantitative estimate of drug-likeness (QED) is 0.200. The Balaban J connectivity index is 1.42. The minimum atomic E-state index is -0.361. The van der Waals surface area contributed by atoms with Crippen molar-refractivity contribution in [3.8, 4) is 0 Å². The molecular formula is C45H36. The summed E-state index contributed by atoms with van der Waals surface area (Å²) in [6, 6.07) is 48.4. The highest BCUT2D eigenvalue weighted by Gasteiger charge is 2.57. The van der Waals surface area contributed by atoms with Crippen molar-refractivity contribution in [3.05, 3.63) is 219 Å². The van der Waals surface area contributed by atoms with Gasteiger partial charge in [-0.25, -0.2) is 0 Å². The first-order valence-corrected chi connectivity index (χ1v) is 16.5. The molecule has 5 aromatic rings. The van der Waals surface area contributed by atoms with Crippen LogP contribution in [0.1, 0.15) is 75.8 Å². The molecule has 0 saturated heterocycles. The second-order valence-corrected chi connectivity index (χ2v) is 13.0. The number of hydrogen-bond donors (Lipinski definition) is 0. The molecule has 0 aromatic heterocycles. The van der Waals surface area contributed by atoms with Crippen molar-refractivity contribution in [1.29, 1.82) is 0 Å². The van der Waals surface area contributed by atoms with Crippen molar-refractivity contribution >= 4 is 5.57 Å². The van der Waals surface area contributed by atoms with E-state index in [4.69, 9.17) is 0 Å². The summed E-state index contributed by atoms with van der Waals surface area (Å²) in [5.74, 6) is 0. The normalized spacial score (nSPS) is 22.4. The fourth-order valence-electron chi connectivity index (χ4n) is 9.27. The number of benzene rings is 5. The molecule has 0 amide bonds. The molecule has 1 spiro atoms. The van der Waals surface area contributed by atoms with Crippen molar-refractivity contribution in [2.24, 2.45) is 0 Å². The molecule has 0 unspecified atom stereocenters. The zero-order valence-corrected chi connectivity index (χ0v) is 25.5. The molecule has 0 fully saturated rings. The molecule has 0 radical (unpaired) electrons. The van der Waals surface area contributed by atoms with Crippen LogP contribution in [0, 0.1) is 0 Å². The monoisotopic (exact) mass is 576 g/mol. The fourth-order valence-corrected chi connectivity index (χ4v) is 9.27. The summed E-state index contributed by atoms with van der Waals surface area (Å²) in [5, 5.41) is 0. The molecule has 0 heteroatoms. The predicted molar refractivity (Wildman–Crippen MR) is 187 cm³/mol. The van der Waals surface area contributed by atoms with Crippen molar-refractivity contribution in [2.45, 2.75) is 42.9 Å². The Labute approximate surface area is 266 Å². The van der Waals surface area contributed by atoms with Gasteiger partial charge in [0.25, 0.3) is 0 Å². The van der Waals surface area contributed by atoms with Crippen molar-refractivity contribution in [3.63, 3.8) is 0 Å². The lowest BCUT2D eigenvalue weighted by atomic mass is 9.50. The fraction of sp³-hybridized carbons (Fsp3) is 0.156. The number of allylic oxidation sites excluding steroid dienone is 8. The van der Waals surface area contributed by atoms with Crippen LogP contribution in [0.4, 0.5) is 0 Å². The molecule has 216 valence electrons. The lowest BCUT2D eigenvalue weighted by Gasteiger charge is -2.51. The van der Waals surface area contributed by atoms with E-state index in [1.54, 1.807) is 5.57 Å². The zero-order valence-electron chi connectivity index (χ0n) is 25.5. The van der Waals surface area contributed by atoms with Gasteiger partial charge in [0.05, 0.1) is 10.8 Å². The van der Waals surface area contributed by atoms with E-state index >= 15 is 0 Å². The Kier molecular flexibility index (Phi) is 6.07. The Morgan fingerprint density at radius 2 is 1.11 bits per heavy atom. The van der Waals surface area contributed by atoms with E-state index in [9.17, 15) is 0 Å². The van der Waals surface area contributed by atoms with Crippen LogP contribution in [0.25, 0.3) is 5.57 Å². The van der Waals surface area contributed by atoms with Crippen molar-refractivity contribution < 1.29 is 0 Å². The van der Waals surface area contributed by atoms with Gasteiger partial charge in [0.2, 0.25) is 0 Å². The largest absolute Gasteiger partial charge is 0.0842 e. The molecule has 0 aliphatic heterocycles. The average molecular weight is 577 g/mol. The first kappa shape index (κ1) is 26.5. The second-order valence-electron chi connectivity index (χ2n) is 13.0. The van der Waals surface area contributed by atoms with Crippen LogP contribution in [0.15, 0.2) is 169 Å². The molecule has 4 aliphatic rings. The van der Waals surface area contributed by atoms with Crippen LogP contribution < -0.4 is 0 Å². The van der Waals surface area contributed by atoms with Gasteiger partial charge in [-0.05, 0) is 93.3 Å². The smallest absolute Gasteiger partial charge is 0.0683 e. The topological polar surface area (TPSA) is 0 Å². The van der Waals surface area contributed by atoms with Gasteiger partial charge in [0, 0.05) is 0 Å². The zero-order chi connectivity index (χ0) is 29.8. The molecule has 9 rings (SSSR count). The molecule has 0 saturated carbocycles. The van der Waals surface area contributed by atoms with Gasteiger partial charge >= 0.3 is 0 Å². The molecule has 0 heterocycles. The van der Waals surface area contributed by atoms with Gasteiger partial charge in [0.1, 0.15) is 0 Å². The van der Waals surface area contributed by atoms with E-state index in [1.165, 1.54) is 61.2 Å². The molecule has 0 nitrogen and oxygen atoms in total. The van der Waals surface area contributed by atoms with E-state index in [2.05, 4.69) is 158 Å². The van der Waals surface area contributed by atoms with E-state index < -0.39 is 0 Å². The van der Waals surface area contributed by atoms with Crippen LogP contribution in [-0.4, -0.2) is 0 Å². The summed E-state index contributed by atoms with van der Waals surface area (Å²) in [6.07, 6.45) is 17.1. The predicted octanol–water partition coefficient (Wildman–Crippen LogP) is 10.7. The maximum Gasteiger partial charge on any atom is 0.0683 e. The molecular weight excluding hydrogens is 540 g/mol. The molecule has 45 heavy (non-hydrogen) atoms. The maximum atomic E-state index is 2.46. The first-order valence-electron chi connectivity index (χ1n) is 16.5. The summed E-state index contributed by atoms with van der Waals surface area (Å²) >= 11 is 0. The average Bonchev–Trinajstić information content (AvgIpc) is 3.42. The highest BCUT2D eigenvalue weighted by atomic mass is 14.6. The summed E-state index contributed by atoms with van der Waals surface area (Å²) in [6.45, 7) is 0. The molecule has 5 aromatic carbocycles. The molecule has 0 atom stereocenters. The van der Waals surface area contributed by atoms with E-state index in [1.807, 2.05) is 0 Å². The van der Waals surface area contributed by atoms with Crippen LogP contribution in [0.5, 0.6) is 0 Å². The molecule has 0 bridgehead atoms. The minimum Gasteiger partial charge on any atom is -0.0842 e. The SMILES string of the molecule is C1=CCCC(C2(c3ccccc3)c3ccccc3C3(C4=C(C=CCC4)c4c(Cc5ccccc5)cccc43)c3ccccc32)=C1. The first-order chi connectivity index (χ1) is 22.3. The Bertz CT molecular complexity index is 2020. The van der Waals surface area contributed by atoms with Gasteiger partial charge in [-0.15, -0.1) is 0 Å². The molecule has 0 N–H and O–H groups in total. The van der Waals surface area contributed by atoms with Gasteiger partial charge in [0.15, 0.2) is 0 Å². The van der Waals surface area contributed by atoms with Crippen LogP contribution >= 0.6 is 0 Å². The van der Waals surface area contributed by atoms with Gasteiger partial charge in [-0.3, -0.25) is 0 Å². The summed E-state index contributed by atoms with van der Waals surface area (Å²) < 4.78 is 0. The summed E-state index contributed by atoms with van der Waals surface area (Å²) in [7, 11) is 0. The number of hydrogen-bond acceptors (Lipinski definition) is 0. The lowest BCUT2D eigenvalue weighted by Crippen LogP contribution is -2.45. The summed E-state index contributed by atoms with van der Waals surface area (Å²) in [5.41, 5.74) is 16.6. The van der Waals surface area contributed by atoms with E-state index in [-0.39, 0.29) is 10.8 Å². The van der Waals surface area contributed by atoms with Crippen LogP contribution in [0.2, 0.25) is 0 Å². The standard InChI is InChI=1S/C45H36/c1-4-17-32(18-5-1)31-33-19-16-30-42-43(33)36-24-10-11-25-37(36)45(42)40-28-14-12-26-38(40)44(34-20-6-2-7-21-34,35-22-8-3-9-23-35)39-27-13-15-29-41(39)45/h1-8,10,12-22,24,26-30H,9,11,23,25,31H2. The highest BCUT2D eigenvalue weighted by molar-refractivity contribution is 5.94. The Morgan fingerprint density at radius 1 is 0.511 bits per heavy atom. The minimum absolute atomic E-state index is 0.335. The van der Waals surface area contributed by atoms with Crippen molar-refractivity contribution in [1.82, 2.24) is 0 Å². The second kappa shape index (κ2) is 10.3. The Morgan fingerprint density at radius 3 is 1.78 bits per heavy atom. The number of fused-ring (bicyclic) bond motifs is 8. The Hall–Kier alpha value is -4.94. The highest BCUT2D eigenvalue weighted by Crippen LogP contribution is 2.65.